The fraction of sp³-hybridized carbons (Fsp3) is 0.0833. The number of rotatable bonds is 7. The van der Waals surface area contributed by atoms with E-state index in [1.165, 1.54) is 54.7 Å². The first kappa shape index (κ1) is 27.5. The maximum atomic E-state index is 13.0. The molecule has 0 aliphatic carbocycles. The second kappa shape index (κ2) is 12.2. The van der Waals surface area contributed by atoms with Gasteiger partial charge in [0.15, 0.2) is 6.61 Å². The molecule has 0 saturated heterocycles. The van der Waals surface area contributed by atoms with Gasteiger partial charge in [0.2, 0.25) is 0 Å². The van der Waals surface area contributed by atoms with E-state index in [2.05, 4.69) is 21.2 Å². The zero-order valence-electron chi connectivity index (χ0n) is 18.6. The molecular weight excluding hydrogens is 536 g/mol. The Labute approximate surface area is 218 Å². The Hall–Kier alpha value is -4.09. The topological polar surface area (TPSA) is 109 Å². The van der Waals surface area contributed by atoms with Gasteiger partial charge in [0, 0.05) is 0 Å². The summed E-state index contributed by atoms with van der Waals surface area (Å²) in [5.74, 6) is -2.58. The molecule has 192 valence electrons. The monoisotopic (exact) mass is 552 g/mol. The molecule has 3 N–H and O–H groups in total. The first-order valence-corrected chi connectivity index (χ1v) is 11.1. The summed E-state index contributed by atoms with van der Waals surface area (Å²) < 4.78 is 44.4. The number of hydrazone groups is 1. The van der Waals surface area contributed by atoms with Gasteiger partial charge in [-0.2, -0.15) is 18.3 Å². The van der Waals surface area contributed by atoms with Crippen molar-refractivity contribution in [3.63, 3.8) is 0 Å². The normalized spacial score (nSPS) is 11.2. The number of nitrogens with one attached hydrogen (secondary N) is 3. The van der Waals surface area contributed by atoms with E-state index in [1.54, 1.807) is 6.07 Å². The Morgan fingerprint density at radius 3 is 2.24 bits per heavy atom. The van der Waals surface area contributed by atoms with Crippen molar-refractivity contribution in [2.75, 3.05) is 17.2 Å². The Balaban J connectivity index is 1.48. The number of ether oxygens (including phenoxy) is 1. The molecule has 3 aromatic carbocycles. The first-order valence-electron chi connectivity index (χ1n) is 10.3. The molecule has 0 aromatic heterocycles. The van der Waals surface area contributed by atoms with E-state index in [9.17, 15) is 27.6 Å². The van der Waals surface area contributed by atoms with E-state index >= 15 is 0 Å². The van der Waals surface area contributed by atoms with Crippen molar-refractivity contribution in [3.05, 3.63) is 87.9 Å². The van der Waals surface area contributed by atoms with Gasteiger partial charge in [-0.15, -0.1) is 0 Å². The number of hydrogen-bond donors (Lipinski definition) is 3. The largest absolute Gasteiger partial charge is 0.484 e. The number of halogens is 5. The number of carbonyl (C=O) groups is 3. The van der Waals surface area contributed by atoms with Crippen LogP contribution in [0.15, 0.2) is 71.8 Å². The summed E-state index contributed by atoms with van der Waals surface area (Å²) in [7, 11) is 0. The molecule has 0 heterocycles. The van der Waals surface area contributed by atoms with Crippen molar-refractivity contribution >= 4 is 58.5 Å². The van der Waals surface area contributed by atoms with Gasteiger partial charge >= 0.3 is 18.0 Å². The number of hydrogen-bond acceptors (Lipinski definition) is 5. The van der Waals surface area contributed by atoms with Crippen LogP contribution in [0.4, 0.5) is 24.5 Å². The van der Waals surface area contributed by atoms with Crippen molar-refractivity contribution < 1.29 is 32.3 Å². The molecule has 3 aromatic rings. The molecule has 0 unspecified atom stereocenters. The highest BCUT2D eigenvalue weighted by Crippen LogP contribution is 2.34. The number of nitrogens with zero attached hydrogens (tertiary/aromatic N) is 1. The van der Waals surface area contributed by atoms with Crippen LogP contribution in [0.5, 0.6) is 5.75 Å². The van der Waals surface area contributed by atoms with Crippen molar-refractivity contribution in [1.82, 2.24) is 5.43 Å². The van der Waals surface area contributed by atoms with Gasteiger partial charge in [-0.25, -0.2) is 5.43 Å². The molecule has 8 nitrogen and oxygen atoms in total. The van der Waals surface area contributed by atoms with Crippen molar-refractivity contribution in [1.29, 1.82) is 0 Å². The summed E-state index contributed by atoms with van der Waals surface area (Å²) in [6.45, 7) is -0.526. The van der Waals surface area contributed by atoms with Crippen LogP contribution >= 0.6 is 23.2 Å². The Bertz CT molecular complexity index is 1330. The highest BCUT2D eigenvalue weighted by molar-refractivity contribution is 6.45. The number of benzene rings is 3. The predicted octanol–water partition coefficient (Wildman–Crippen LogP) is 5.12. The standard InChI is InChI=1S/C24H17Cl2F3N4O4/c25-17-5-3-7-19(21(17)26)32-22(35)23(36)33-30-12-14-8-10-15(11-9-14)37-13-20(34)31-18-6-2-1-4-16(18)24(27,28)29/h1-12H,13H2,(H,31,34)(H,32,35)(H,33,36)/b30-12-. The number of alkyl halides is 3. The van der Waals surface area contributed by atoms with Gasteiger partial charge in [0.05, 0.1) is 33.2 Å². The average molecular weight is 553 g/mol. The third kappa shape index (κ3) is 7.95. The van der Waals surface area contributed by atoms with Crippen LogP contribution < -0.4 is 20.8 Å². The maximum Gasteiger partial charge on any atom is 0.418 e. The molecule has 0 spiro atoms. The number of anilines is 2. The minimum Gasteiger partial charge on any atom is -0.484 e. The maximum absolute atomic E-state index is 13.0. The Morgan fingerprint density at radius 2 is 1.54 bits per heavy atom. The molecule has 0 aliphatic rings. The van der Waals surface area contributed by atoms with E-state index in [-0.39, 0.29) is 27.2 Å². The molecular formula is C24H17Cl2F3N4O4. The Morgan fingerprint density at radius 1 is 0.865 bits per heavy atom. The van der Waals surface area contributed by atoms with Gasteiger partial charge in [0.25, 0.3) is 5.91 Å². The molecule has 0 radical (unpaired) electrons. The van der Waals surface area contributed by atoms with Gasteiger partial charge in [0.1, 0.15) is 5.75 Å². The molecule has 0 saturated carbocycles. The van der Waals surface area contributed by atoms with Gasteiger partial charge in [-0.1, -0.05) is 41.4 Å². The third-order valence-corrected chi connectivity index (χ3v) is 5.36. The quantitative estimate of drug-likeness (QED) is 0.215. The molecule has 0 atom stereocenters. The highest BCUT2D eigenvalue weighted by Gasteiger charge is 2.33. The summed E-state index contributed by atoms with van der Waals surface area (Å²) in [5, 5.41) is 8.46. The van der Waals surface area contributed by atoms with Crippen LogP contribution in [0.1, 0.15) is 11.1 Å². The minimum atomic E-state index is -4.62. The SMILES string of the molecule is O=C(COc1ccc(/C=N\NC(=O)C(=O)Nc2cccc(Cl)c2Cl)cc1)Nc1ccccc1C(F)(F)F. The fourth-order valence-corrected chi connectivity index (χ4v) is 3.17. The fourth-order valence-electron chi connectivity index (χ4n) is 2.82. The molecule has 3 rings (SSSR count). The molecule has 3 amide bonds. The lowest BCUT2D eigenvalue weighted by Crippen LogP contribution is -2.32. The lowest BCUT2D eigenvalue weighted by atomic mass is 10.1. The average Bonchev–Trinajstić information content (AvgIpc) is 2.86. The second-order valence-electron chi connectivity index (χ2n) is 7.20. The highest BCUT2D eigenvalue weighted by atomic mass is 35.5. The number of carbonyl (C=O) groups excluding carboxylic acids is 3. The predicted molar refractivity (Wildman–Crippen MR) is 133 cm³/mol. The van der Waals surface area contributed by atoms with Crippen LogP contribution in [-0.2, 0) is 20.6 Å². The molecule has 13 heteroatoms. The van der Waals surface area contributed by atoms with Crippen LogP contribution in [0, 0.1) is 0 Å². The second-order valence-corrected chi connectivity index (χ2v) is 7.99. The van der Waals surface area contributed by atoms with E-state index in [1.807, 2.05) is 0 Å². The zero-order valence-corrected chi connectivity index (χ0v) is 20.1. The lowest BCUT2D eigenvalue weighted by molar-refractivity contribution is -0.137. The van der Waals surface area contributed by atoms with E-state index in [4.69, 9.17) is 27.9 Å². The van der Waals surface area contributed by atoms with Crippen molar-refractivity contribution in [3.8, 4) is 5.75 Å². The van der Waals surface area contributed by atoms with E-state index in [0.29, 0.717) is 5.56 Å². The molecule has 0 bridgehead atoms. The summed E-state index contributed by atoms with van der Waals surface area (Å²) in [6, 6.07) is 15.2. The molecule has 0 aliphatic heterocycles. The summed E-state index contributed by atoms with van der Waals surface area (Å²) in [5.41, 5.74) is 1.38. The van der Waals surface area contributed by atoms with Crippen LogP contribution in [0.3, 0.4) is 0 Å². The lowest BCUT2D eigenvalue weighted by Gasteiger charge is -2.13. The van der Waals surface area contributed by atoms with E-state index < -0.39 is 36.1 Å². The number of amides is 3. The summed E-state index contributed by atoms with van der Waals surface area (Å²) in [4.78, 5) is 35.9. The minimum absolute atomic E-state index is 0.0831. The van der Waals surface area contributed by atoms with Gasteiger partial charge in [-0.3, -0.25) is 14.4 Å². The third-order valence-electron chi connectivity index (χ3n) is 4.54. The number of para-hydroxylation sites is 1. The Kier molecular flexibility index (Phi) is 9.10. The first-order chi connectivity index (χ1) is 17.5. The van der Waals surface area contributed by atoms with Crippen molar-refractivity contribution in [2.24, 2.45) is 5.10 Å². The van der Waals surface area contributed by atoms with Crippen LogP contribution in [0.2, 0.25) is 10.0 Å². The van der Waals surface area contributed by atoms with E-state index in [0.717, 1.165) is 12.1 Å². The van der Waals surface area contributed by atoms with Crippen molar-refractivity contribution in [2.45, 2.75) is 6.18 Å². The van der Waals surface area contributed by atoms with Gasteiger partial charge < -0.3 is 15.4 Å². The smallest absolute Gasteiger partial charge is 0.418 e. The molecule has 37 heavy (non-hydrogen) atoms. The van der Waals surface area contributed by atoms with Gasteiger partial charge in [-0.05, 0) is 54.1 Å². The van der Waals surface area contributed by atoms with Crippen LogP contribution in [0.25, 0.3) is 0 Å². The summed E-state index contributed by atoms with van der Waals surface area (Å²) >= 11 is 11.8. The molecule has 0 fully saturated rings. The summed E-state index contributed by atoms with van der Waals surface area (Å²) in [6.07, 6.45) is -3.36. The zero-order chi connectivity index (χ0) is 27.0. The van der Waals surface area contributed by atoms with Crippen LogP contribution in [-0.4, -0.2) is 30.5 Å².